The number of nitrogens with zero attached hydrogens (tertiary/aromatic N) is 3. The van der Waals surface area contributed by atoms with Crippen molar-refractivity contribution >= 4 is 34.0 Å². The molecule has 0 bridgehead atoms. The van der Waals surface area contributed by atoms with Gasteiger partial charge in [-0.1, -0.05) is 48.0 Å². The van der Waals surface area contributed by atoms with E-state index in [4.69, 9.17) is 10.7 Å². The number of carbonyl (C=O) groups excluding carboxylic acids is 2. The van der Waals surface area contributed by atoms with Crippen LogP contribution in [0, 0.1) is 6.92 Å². The van der Waals surface area contributed by atoms with E-state index < -0.39 is 0 Å². The number of fused-ring (bicyclic) bond motifs is 2. The predicted octanol–water partition coefficient (Wildman–Crippen LogP) is 4.83. The number of rotatable bonds is 4. The molecule has 3 heterocycles. The van der Waals surface area contributed by atoms with Gasteiger partial charge in [0.15, 0.2) is 5.69 Å². The first-order chi connectivity index (χ1) is 18.0. The highest BCUT2D eigenvalue weighted by molar-refractivity contribution is 6.06. The molecule has 5 aromatic rings. The van der Waals surface area contributed by atoms with E-state index in [-0.39, 0.29) is 18.4 Å². The molecule has 0 aliphatic carbocycles. The van der Waals surface area contributed by atoms with Crippen LogP contribution in [0.1, 0.15) is 32.2 Å². The lowest BCUT2D eigenvalue weighted by molar-refractivity contribution is 0.0704. The molecule has 8 nitrogen and oxygen atoms in total. The number of hydrogen-bond donors (Lipinski definition) is 3. The molecule has 2 amide bonds. The first-order valence-electron chi connectivity index (χ1n) is 12.2. The quantitative estimate of drug-likeness (QED) is 0.314. The van der Waals surface area contributed by atoms with Crippen molar-refractivity contribution in [3.05, 3.63) is 102 Å². The van der Waals surface area contributed by atoms with E-state index in [9.17, 15) is 9.59 Å². The lowest BCUT2D eigenvalue weighted by Crippen LogP contribution is -2.39. The smallest absolute Gasteiger partial charge is 0.276 e. The van der Waals surface area contributed by atoms with Gasteiger partial charge >= 0.3 is 0 Å². The molecule has 0 unspecified atom stereocenters. The number of aromatic amines is 1. The summed E-state index contributed by atoms with van der Waals surface area (Å²) in [4.78, 5) is 36.2. The maximum atomic E-state index is 13.5. The predicted molar refractivity (Wildman–Crippen MR) is 144 cm³/mol. The van der Waals surface area contributed by atoms with E-state index in [1.54, 1.807) is 23.2 Å². The van der Waals surface area contributed by atoms with Gasteiger partial charge in [0.05, 0.1) is 12.2 Å². The van der Waals surface area contributed by atoms with Crippen LogP contribution in [0.3, 0.4) is 0 Å². The zero-order valence-electron chi connectivity index (χ0n) is 20.4. The second-order valence-corrected chi connectivity index (χ2v) is 9.26. The number of amides is 2. The molecule has 3 aromatic carbocycles. The van der Waals surface area contributed by atoms with Crippen LogP contribution in [0.2, 0.25) is 0 Å². The van der Waals surface area contributed by atoms with Gasteiger partial charge in [-0.2, -0.15) is 0 Å². The molecule has 6 rings (SSSR count). The fraction of sp³-hybridized carbons (Fsp3) is 0.138. The number of nitrogen functional groups attached to an aromatic ring is 1. The van der Waals surface area contributed by atoms with E-state index in [0.717, 1.165) is 21.9 Å². The van der Waals surface area contributed by atoms with E-state index >= 15 is 0 Å². The van der Waals surface area contributed by atoms with E-state index in [1.165, 1.54) is 0 Å². The van der Waals surface area contributed by atoms with Crippen molar-refractivity contribution < 1.29 is 9.59 Å². The summed E-state index contributed by atoms with van der Waals surface area (Å²) in [5.41, 5.74) is 11.1. The second-order valence-electron chi connectivity index (χ2n) is 9.26. The van der Waals surface area contributed by atoms with Gasteiger partial charge in [0.1, 0.15) is 11.5 Å². The minimum atomic E-state index is -0.312. The molecule has 0 saturated carbocycles. The number of benzene rings is 3. The van der Waals surface area contributed by atoms with Gasteiger partial charge in [0.2, 0.25) is 0 Å². The molecule has 0 atom stereocenters. The van der Waals surface area contributed by atoms with Crippen LogP contribution in [-0.2, 0) is 13.1 Å². The summed E-state index contributed by atoms with van der Waals surface area (Å²) in [6.07, 6.45) is 1.73. The Hall–Kier alpha value is -4.85. The summed E-state index contributed by atoms with van der Waals surface area (Å²) >= 11 is 0. The first-order valence-corrected chi connectivity index (χ1v) is 12.2. The van der Waals surface area contributed by atoms with Gasteiger partial charge in [-0.15, -0.1) is 0 Å². The molecule has 8 heteroatoms. The third kappa shape index (κ3) is 4.02. The van der Waals surface area contributed by atoms with Crippen molar-refractivity contribution in [2.24, 2.45) is 0 Å². The Balaban J connectivity index is 1.45. The van der Waals surface area contributed by atoms with Crippen molar-refractivity contribution in [1.29, 1.82) is 0 Å². The SMILES string of the molecule is Cc1ccc(NC(=O)c2nc(-c3cccc4c(N)cccc34)n3c2CN(C(=O)c2ccc[nH]2)CC3)cc1. The van der Waals surface area contributed by atoms with Crippen LogP contribution in [0.4, 0.5) is 11.4 Å². The molecule has 0 radical (unpaired) electrons. The first kappa shape index (κ1) is 22.6. The molecule has 0 fully saturated rings. The van der Waals surface area contributed by atoms with Crippen molar-refractivity contribution in [1.82, 2.24) is 19.4 Å². The zero-order valence-corrected chi connectivity index (χ0v) is 20.4. The van der Waals surface area contributed by atoms with E-state index in [0.29, 0.717) is 47.4 Å². The minimum Gasteiger partial charge on any atom is -0.398 e. The van der Waals surface area contributed by atoms with Crippen LogP contribution >= 0.6 is 0 Å². The average molecular weight is 491 g/mol. The van der Waals surface area contributed by atoms with E-state index in [1.807, 2.05) is 67.6 Å². The van der Waals surface area contributed by atoms with Gasteiger partial charge in [0.25, 0.3) is 11.8 Å². The number of imidazole rings is 1. The van der Waals surface area contributed by atoms with Crippen LogP contribution in [0.15, 0.2) is 79.0 Å². The Labute approximate surface area is 213 Å². The molecular weight excluding hydrogens is 464 g/mol. The number of nitrogens with two attached hydrogens (primary N) is 1. The Morgan fingerprint density at radius 2 is 1.73 bits per heavy atom. The number of aromatic nitrogens is 3. The van der Waals surface area contributed by atoms with Gasteiger partial charge in [-0.25, -0.2) is 4.98 Å². The third-order valence-electron chi connectivity index (χ3n) is 6.84. The Morgan fingerprint density at radius 3 is 2.51 bits per heavy atom. The topological polar surface area (TPSA) is 109 Å². The van der Waals surface area contributed by atoms with Gasteiger partial charge < -0.3 is 25.5 Å². The highest BCUT2D eigenvalue weighted by atomic mass is 16.2. The van der Waals surface area contributed by atoms with Crippen LogP contribution in [0.5, 0.6) is 0 Å². The Morgan fingerprint density at radius 1 is 0.946 bits per heavy atom. The van der Waals surface area contributed by atoms with Crippen LogP contribution in [0.25, 0.3) is 22.2 Å². The second kappa shape index (κ2) is 8.98. The maximum Gasteiger partial charge on any atom is 0.276 e. The number of aryl methyl sites for hydroxylation is 1. The highest BCUT2D eigenvalue weighted by Gasteiger charge is 2.31. The van der Waals surface area contributed by atoms with Crippen molar-refractivity contribution in [2.75, 3.05) is 17.6 Å². The number of nitrogens with one attached hydrogen (secondary N) is 2. The highest BCUT2D eigenvalue weighted by Crippen LogP contribution is 2.34. The Bertz CT molecular complexity index is 1630. The molecule has 1 aliphatic heterocycles. The summed E-state index contributed by atoms with van der Waals surface area (Å²) in [6, 6.07) is 22.9. The van der Waals surface area contributed by atoms with Gasteiger partial charge in [-0.3, -0.25) is 9.59 Å². The molecule has 2 aromatic heterocycles. The molecular formula is C29H26N6O2. The summed E-state index contributed by atoms with van der Waals surface area (Å²) in [7, 11) is 0. The summed E-state index contributed by atoms with van der Waals surface area (Å²) in [5.74, 6) is 0.266. The maximum absolute atomic E-state index is 13.5. The molecule has 0 saturated heterocycles. The summed E-state index contributed by atoms with van der Waals surface area (Å²) in [6.45, 7) is 3.28. The average Bonchev–Trinajstić information content (AvgIpc) is 3.58. The van der Waals surface area contributed by atoms with E-state index in [2.05, 4.69) is 14.9 Å². The lowest BCUT2D eigenvalue weighted by Gasteiger charge is -2.29. The monoisotopic (exact) mass is 490 g/mol. The van der Waals surface area contributed by atoms with Crippen molar-refractivity contribution in [3.63, 3.8) is 0 Å². The zero-order chi connectivity index (χ0) is 25.5. The van der Waals surface area contributed by atoms with Gasteiger partial charge in [-0.05, 0) is 42.6 Å². The van der Waals surface area contributed by atoms with Crippen molar-refractivity contribution in [3.8, 4) is 11.4 Å². The molecule has 184 valence electrons. The molecule has 0 spiro atoms. The largest absolute Gasteiger partial charge is 0.398 e. The number of hydrogen-bond acceptors (Lipinski definition) is 4. The van der Waals surface area contributed by atoms with Gasteiger partial charge in [0, 0.05) is 41.6 Å². The van der Waals surface area contributed by atoms with Crippen LogP contribution < -0.4 is 11.1 Å². The number of anilines is 2. The Kier molecular flexibility index (Phi) is 5.49. The fourth-order valence-electron chi connectivity index (χ4n) is 4.92. The molecule has 1 aliphatic rings. The minimum absolute atomic E-state index is 0.109. The van der Waals surface area contributed by atoms with Crippen molar-refractivity contribution in [2.45, 2.75) is 20.0 Å². The third-order valence-corrected chi connectivity index (χ3v) is 6.84. The normalized spacial score (nSPS) is 12.9. The number of H-pyrrole nitrogens is 1. The molecule has 4 N–H and O–H groups in total. The standard InChI is InChI=1S/C29H26N6O2/c1-18-10-12-19(13-11-18)32-28(36)26-25-17-34(29(37)24-9-4-14-31-24)15-16-35(25)27(33-26)22-7-2-6-21-20(22)5-3-8-23(21)30/h2-14,31H,15-17,30H2,1H3,(H,32,36). The fourth-order valence-corrected chi connectivity index (χ4v) is 4.92. The summed E-state index contributed by atoms with van der Waals surface area (Å²) in [5, 5.41) is 4.87. The molecule has 37 heavy (non-hydrogen) atoms. The number of carbonyl (C=O) groups is 2. The lowest BCUT2D eigenvalue weighted by atomic mass is 10.0. The summed E-state index contributed by atoms with van der Waals surface area (Å²) < 4.78 is 2.06. The van der Waals surface area contributed by atoms with Crippen LogP contribution in [-0.4, -0.2) is 37.8 Å².